The Hall–Kier alpha value is -3.64. The fourth-order valence-electron chi connectivity index (χ4n) is 3.89. The molecule has 6 nitrogen and oxygen atoms in total. The molecule has 0 spiro atoms. The number of fused-ring (bicyclic) bond motifs is 1. The molecule has 1 fully saturated rings. The Morgan fingerprint density at radius 2 is 1.61 bits per heavy atom. The van der Waals surface area contributed by atoms with E-state index in [0.717, 1.165) is 35.2 Å². The Morgan fingerprint density at radius 1 is 0.909 bits per heavy atom. The van der Waals surface area contributed by atoms with Gasteiger partial charge in [-0.05, 0) is 42.3 Å². The van der Waals surface area contributed by atoms with Crippen LogP contribution in [0.5, 0.6) is 5.75 Å². The van der Waals surface area contributed by atoms with Crippen molar-refractivity contribution in [3.05, 3.63) is 83.4 Å². The van der Waals surface area contributed by atoms with E-state index in [0.29, 0.717) is 24.2 Å². The molecule has 4 rings (SSSR count). The maximum absolute atomic E-state index is 13.4. The summed E-state index contributed by atoms with van der Waals surface area (Å²) in [6.07, 6.45) is 1.84. The van der Waals surface area contributed by atoms with Crippen molar-refractivity contribution in [2.24, 2.45) is 0 Å². The zero-order valence-electron chi connectivity index (χ0n) is 19.0. The van der Waals surface area contributed by atoms with E-state index in [1.807, 2.05) is 53.4 Å². The second-order valence-electron chi connectivity index (χ2n) is 8.14. The molecule has 0 atom stereocenters. The van der Waals surface area contributed by atoms with Crippen molar-refractivity contribution < 1.29 is 19.1 Å². The van der Waals surface area contributed by atoms with E-state index in [9.17, 15) is 9.59 Å². The van der Waals surface area contributed by atoms with E-state index >= 15 is 0 Å². The normalized spacial score (nSPS) is 14.8. The van der Waals surface area contributed by atoms with Crippen LogP contribution < -0.4 is 4.74 Å². The minimum Gasteiger partial charge on any atom is -0.488 e. The fraction of sp³-hybridized carbons (Fsp3) is 0.259. The van der Waals surface area contributed by atoms with Gasteiger partial charge in [0.05, 0.1) is 18.2 Å². The quantitative estimate of drug-likeness (QED) is 0.427. The van der Waals surface area contributed by atoms with E-state index in [-0.39, 0.29) is 12.5 Å². The summed E-state index contributed by atoms with van der Waals surface area (Å²) < 4.78 is 10.9. The average molecular weight is 445 g/mol. The number of carbonyl (C=O) groups is 2. The molecule has 33 heavy (non-hydrogen) atoms. The molecule has 1 aliphatic heterocycles. The number of benzene rings is 3. The van der Waals surface area contributed by atoms with Crippen LogP contribution in [0.2, 0.25) is 0 Å². The standard InChI is InChI=1S/C27H28N2O4/c1-28-14-16-29(17-15-28)26(30)23(18-20-10-12-22(13-11-20)27(31)32-2)19-33-25-9-5-7-21-6-3-4-8-24(21)25/h3-13,18H,14-17,19H2,1-2H3. The number of methoxy groups -OCH3 is 1. The van der Waals surface area contributed by atoms with Gasteiger partial charge in [-0.1, -0.05) is 48.5 Å². The number of likely N-dealkylation sites (N-methyl/N-ethyl adjacent to an activating group) is 1. The largest absolute Gasteiger partial charge is 0.488 e. The first-order valence-corrected chi connectivity index (χ1v) is 11.0. The van der Waals surface area contributed by atoms with Crippen LogP contribution in [0.25, 0.3) is 16.8 Å². The van der Waals surface area contributed by atoms with Gasteiger partial charge in [0.2, 0.25) is 0 Å². The van der Waals surface area contributed by atoms with Gasteiger partial charge in [0.25, 0.3) is 5.91 Å². The number of ether oxygens (including phenoxy) is 2. The molecule has 170 valence electrons. The molecule has 1 saturated heterocycles. The van der Waals surface area contributed by atoms with Crippen LogP contribution in [0, 0.1) is 0 Å². The SMILES string of the molecule is COC(=O)c1ccc(C=C(COc2cccc3ccccc23)C(=O)N2CCN(C)CC2)cc1. The van der Waals surface area contributed by atoms with E-state index in [1.165, 1.54) is 7.11 Å². The second-order valence-corrected chi connectivity index (χ2v) is 8.14. The molecule has 1 heterocycles. The third-order valence-corrected chi connectivity index (χ3v) is 5.87. The number of hydrogen-bond acceptors (Lipinski definition) is 5. The van der Waals surface area contributed by atoms with E-state index in [4.69, 9.17) is 9.47 Å². The topological polar surface area (TPSA) is 59.1 Å². The summed E-state index contributed by atoms with van der Waals surface area (Å²) in [5.74, 6) is 0.324. The highest BCUT2D eigenvalue weighted by Gasteiger charge is 2.23. The first kappa shape index (κ1) is 22.6. The van der Waals surface area contributed by atoms with E-state index in [2.05, 4.69) is 11.9 Å². The minimum atomic E-state index is -0.390. The summed E-state index contributed by atoms with van der Waals surface area (Å²) in [5.41, 5.74) is 1.86. The molecule has 1 aliphatic rings. The highest BCUT2D eigenvalue weighted by molar-refractivity contribution is 5.98. The Kier molecular flexibility index (Phi) is 7.05. The van der Waals surface area contributed by atoms with Gasteiger partial charge >= 0.3 is 5.97 Å². The lowest BCUT2D eigenvalue weighted by molar-refractivity contribution is -0.128. The maximum Gasteiger partial charge on any atom is 0.337 e. The van der Waals surface area contributed by atoms with E-state index in [1.54, 1.807) is 24.3 Å². The molecule has 3 aromatic carbocycles. The molecule has 0 aliphatic carbocycles. The lowest BCUT2D eigenvalue weighted by atomic mass is 10.1. The van der Waals surface area contributed by atoms with Crippen molar-refractivity contribution in [1.82, 2.24) is 9.80 Å². The molecule has 0 saturated carbocycles. The van der Waals surface area contributed by atoms with Crippen LogP contribution in [0.3, 0.4) is 0 Å². The van der Waals surface area contributed by atoms with Crippen molar-refractivity contribution in [2.75, 3.05) is 46.9 Å². The molecular weight excluding hydrogens is 416 g/mol. The van der Waals surface area contributed by atoms with Gasteiger partial charge in [-0.2, -0.15) is 0 Å². The van der Waals surface area contributed by atoms with Gasteiger partial charge in [-0.25, -0.2) is 4.79 Å². The lowest BCUT2D eigenvalue weighted by Gasteiger charge is -2.33. The van der Waals surface area contributed by atoms with Crippen LogP contribution >= 0.6 is 0 Å². The Labute approximate surface area is 194 Å². The van der Waals surface area contributed by atoms with Crippen molar-refractivity contribution >= 4 is 28.7 Å². The van der Waals surface area contributed by atoms with Crippen molar-refractivity contribution in [3.8, 4) is 5.75 Å². The summed E-state index contributed by atoms with van der Waals surface area (Å²) in [6.45, 7) is 3.20. The maximum atomic E-state index is 13.4. The summed E-state index contributed by atoms with van der Waals surface area (Å²) in [7, 11) is 3.42. The third-order valence-electron chi connectivity index (χ3n) is 5.87. The molecule has 0 aromatic heterocycles. The fourth-order valence-corrected chi connectivity index (χ4v) is 3.89. The van der Waals surface area contributed by atoms with Crippen LogP contribution in [0.1, 0.15) is 15.9 Å². The minimum absolute atomic E-state index is 0.0274. The highest BCUT2D eigenvalue weighted by atomic mass is 16.5. The van der Waals surface area contributed by atoms with Crippen LogP contribution in [0.15, 0.2) is 72.3 Å². The number of rotatable bonds is 6. The summed E-state index contributed by atoms with van der Waals surface area (Å²) in [5, 5.41) is 2.10. The van der Waals surface area contributed by atoms with Gasteiger partial charge in [0.1, 0.15) is 12.4 Å². The van der Waals surface area contributed by atoms with Crippen LogP contribution in [0.4, 0.5) is 0 Å². The average Bonchev–Trinajstić information content (AvgIpc) is 2.86. The molecule has 0 bridgehead atoms. The van der Waals surface area contributed by atoms with Gasteiger partial charge in [-0.15, -0.1) is 0 Å². The predicted molar refractivity (Wildman–Crippen MR) is 129 cm³/mol. The van der Waals surface area contributed by atoms with Gasteiger partial charge in [0.15, 0.2) is 0 Å². The van der Waals surface area contributed by atoms with Gasteiger partial charge < -0.3 is 19.3 Å². The monoisotopic (exact) mass is 444 g/mol. The van der Waals surface area contributed by atoms with Crippen molar-refractivity contribution in [3.63, 3.8) is 0 Å². The molecule has 6 heteroatoms. The van der Waals surface area contributed by atoms with E-state index < -0.39 is 5.97 Å². The van der Waals surface area contributed by atoms with Gasteiger partial charge in [-0.3, -0.25) is 4.79 Å². The Morgan fingerprint density at radius 3 is 2.33 bits per heavy atom. The lowest BCUT2D eigenvalue weighted by Crippen LogP contribution is -2.48. The number of amides is 1. The number of nitrogens with zero attached hydrogens (tertiary/aromatic N) is 2. The molecule has 0 N–H and O–H groups in total. The highest BCUT2D eigenvalue weighted by Crippen LogP contribution is 2.26. The van der Waals surface area contributed by atoms with Crippen LogP contribution in [-0.4, -0.2) is 68.6 Å². The molecule has 0 radical (unpaired) electrons. The summed E-state index contributed by atoms with van der Waals surface area (Å²) in [6, 6.07) is 20.9. The first-order valence-electron chi connectivity index (χ1n) is 11.0. The zero-order chi connectivity index (χ0) is 23.2. The molecule has 0 unspecified atom stereocenters. The summed E-state index contributed by atoms with van der Waals surface area (Å²) >= 11 is 0. The molecule has 1 amide bonds. The number of piperazine rings is 1. The van der Waals surface area contributed by atoms with Gasteiger partial charge in [0, 0.05) is 31.6 Å². The van der Waals surface area contributed by atoms with Crippen molar-refractivity contribution in [2.45, 2.75) is 0 Å². The van der Waals surface area contributed by atoms with Crippen molar-refractivity contribution in [1.29, 1.82) is 0 Å². The number of esters is 1. The first-order chi connectivity index (χ1) is 16.0. The third kappa shape index (κ3) is 5.41. The predicted octanol–water partition coefficient (Wildman–Crippen LogP) is 3.86. The summed E-state index contributed by atoms with van der Waals surface area (Å²) in [4.78, 5) is 29.2. The zero-order valence-corrected chi connectivity index (χ0v) is 19.0. The van der Waals surface area contributed by atoms with Crippen LogP contribution in [-0.2, 0) is 9.53 Å². The second kappa shape index (κ2) is 10.3. The number of carbonyl (C=O) groups excluding carboxylic acids is 2. The smallest absolute Gasteiger partial charge is 0.337 e. The number of hydrogen-bond donors (Lipinski definition) is 0. The molecular formula is C27H28N2O4. The Bertz CT molecular complexity index is 1160. The Balaban J connectivity index is 1.60. The molecule has 3 aromatic rings.